The third kappa shape index (κ3) is 7.70. The van der Waals surface area contributed by atoms with Gasteiger partial charge in [0.1, 0.15) is 0 Å². The maximum atomic E-state index is 4.71. The summed E-state index contributed by atoms with van der Waals surface area (Å²) in [6.45, 7) is 16.7. The van der Waals surface area contributed by atoms with Crippen LogP contribution in [0.2, 0.25) is 0 Å². The molecule has 0 bridgehead atoms. The van der Waals surface area contributed by atoms with Crippen molar-refractivity contribution in [2.75, 3.05) is 32.7 Å². The predicted octanol–water partition coefficient (Wildman–Crippen LogP) is 2.71. The average molecular weight is 297 g/mol. The Morgan fingerprint density at radius 3 is 2.71 bits per heavy atom. The summed E-state index contributed by atoms with van der Waals surface area (Å²) < 4.78 is 0. The highest BCUT2D eigenvalue weighted by Gasteiger charge is 2.15. The van der Waals surface area contributed by atoms with E-state index in [1.807, 2.05) is 0 Å². The zero-order valence-electron chi connectivity index (χ0n) is 14.8. The highest BCUT2D eigenvalue weighted by atomic mass is 15.2. The van der Waals surface area contributed by atoms with Gasteiger partial charge in [0.15, 0.2) is 5.96 Å². The Morgan fingerprint density at radius 2 is 2.10 bits per heavy atom. The van der Waals surface area contributed by atoms with Crippen molar-refractivity contribution in [1.82, 2.24) is 15.5 Å². The van der Waals surface area contributed by atoms with E-state index < -0.39 is 0 Å². The maximum Gasteiger partial charge on any atom is 0.191 e. The van der Waals surface area contributed by atoms with Gasteiger partial charge in [-0.3, -0.25) is 4.99 Å². The second-order valence-corrected chi connectivity index (χ2v) is 6.84. The molecule has 21 heavy (non-hydrogen) atoms. The molecule has 0 spiro atoms. The summed E-state index contributed by atoms with van der Waals surface area (Å²) in [6.07, 6.45) is 3.91. The molecule has 0 amide bonds. The number of likely N-dealkylation sites (tertiary alicyclic amines) is 1. The minimum absolute atomic E-state index is 0.450. The summed E-state index contributed by atoms with van der Waals surface area (Å²) in [5.74, 6) is 2.45. The molecule has 4 nitrogen and oxygen atoms in total. The van der Waals surface area contributed by atoms with Crippen LogP contribution < -0.4 is 10.6 Å². The first-order valence-electron chi connectivity index (χ1n) is 8.80. The molecule has 0 saturated carbocycles. The van der Waals surface area contributed by atoms with Crippen molar-refractivity contribution < 1.29 is 0 Å². The van der Waals surface area contributed by atoms with Crippen LogP contribution in [0, 0.1) is 11.8 Å². The second-order valence-electron chi connectivity index (χ2n) is 6.84. The topological polar surface area (TPSA) is 39.7 Å². The molecule has 2 unspecified atom stereocenters. The van der Waals surface area contributed by atoms with E-state index in [9.17, 15) is 0 Å². The summed E-state index contributed by atoms with van der Waals surface area (Å²) in [5.41, 5.74) is 0. The van der Waals surface area contributed by atoms with E-state index in [1.54, 1.807) is 0 Å². The number of aliphatic imine (C=N–C) groups is 1. The number of hydrogen-bond donors (Lipinski definition) is 2. The summed E-state index contributed by atoms with van der Waals surface area (Å²) in [6, 6.07) is 0.450. The van der Waals surface area contributed by atoms with E-state index in [2.05, 4.69) is 50.2 Å². The van der Waals surface area contributed by atoms with Gasteiger partial charge in [-0.05, 0) is 58.0 Å². The fourth-order valence-corrected chi connectivity index (χ4v) is 2.68. The Labute approximate surface area is 131 Å². The molecular weight excluding hydrogens is 260 g/mol. The third-order valence-electron chi connectivity index (χ3n) is 4.35. The van der Waals surface area contributed by atoms with E-state index in [-0.39, 0.29) is 0 Å². The van der Waals surface area contributed by atoms with Crippen molar-refractivity contribution in [2.45, 2.75) is 59.9 Å². The van der Waals surface area contributed by atoms with Gasteiger partial charge in [-0.1, -0.05) is 20.8 Å². The van der Waals surface area contributed by atoms with Gasteiger partial charge in [0, 0.05) is 25.7 Å². The van der Waals surface area contributed by atoms with Crippen molar-refractivity contribution in [2.24, 2.45) is 16.8 Å². The molecule has 4 heteroatoms. The first-order chi connectivity index (χ1) is 10.0. The summed E-state index contributed by atoms with van der Waals surface area (Å²) >= 11 is 0. The Hall–Kier alpha value is -0.770. The van der Waals surface area contributed by atoms with Gasteiger partial charge < -0.3 is 15.5 Å². The van der Waals surface area contributed by atoms with Crippen LogP contribution in [0.4, 0.5) is 0 Å². The van der Waals surface area contributed by atoms with Crippen LogP contribution in [0.15, 0.2) is 4.99 Å². The Morgan fingerprint density at radius 1 is 1.33 bits per heavy atom. The Kier molecular flexibility index (Phi) is 8.74. The zero-order chi connectivity index (χ0) is 15.7. The number of nitrogens with one attached hydrogen (secondary N) is 2. The second kappa shape index (κ2) is 10.0. The van der Waals surface area contributed by atoms with Crippen LogP contribution in [0.1, 0.15) is 53.9 Å². The van der Waals surface area contributed by atoms with Crippen molar-refractivity contribution in [3.05, 3.63) is 0 Å². The lowest BCUT2D eigenvalue weighted by atomic mass is 10.0. The lowest BCUT2D eigenvalue weighted by Gasteiger charge is -2.30. The quantitative estimate of drug-likeness (QED) is 0.431. The van der Waals surface area contributed by atoms with E-state index in [0.29, 0.717) is 12.0 Å². The van der Waals surface area contributed by atoms with Crippen LogP contribution in [-0.2, 0) is 0 Å². The minimum atomic E-state index is 0.450. The van der Waals surface area contributed by atoms with Crippen LogP contribution in [0.3, 0.4) is 0 Å². The summed E-state index contributed by atoms with van der Waals surface area (Å²) in [7, 11) is 0. The van der Waals surface area contributed by atoms with Crippen LogP contribution >= 0.6 is 0 Å². The van der Waals surface area contributed by atoms with Crippen LogP contribution in [-0.4, -0.2) is 49.6 Å². The van der Waals surface area contributed by atoms with E-state index >= 15 is 0 Å². The fraction of sp³-hybridized carbons (Fsp3) is 0.941. The van der Waals surface area contributed by atoms with Gasteiger partial charge in [0.25, 0.3) is 0 Å². The van der Waals surface area contributed by atoms with Gasteiger partial charge >= 0.3 is 0 Å². The molecule has 0 aromatic heterocycles. The minimum Gasteiger partial charge on any atom is -0.357 e. The van der Waals surface area contributed by atoms with Gasteiger partial charge in [-0.2, -0.15) is 0 Å². The third-order valence-corrected chi connectivity index (χ3v) is 4.35. The normalized spacial score (nSPS) is 22.4. The average Bonchev–Trinajstić information content (AvgIpc) is 2.43. The Bertz CT molecular complexity index is 301. The molecule has 124 valence electrons. The number of piperidine rings is 1. The first kappa shape index (κ1) is 18.3. The van der Waals surface area contributed by atoms with Gasteiger partial charge in [-0.15, -0.1) is 0 Å². The maximum absolute atomic E-state index is 4.71. The smallest absolute Gasteiger partial charge is 0.191 e. The van der Waals surface area contributed by atoms with Crippen LogP contribution in [0.25, 0.3) is 0 Å². The molecule has 0 aromatic rings. The van der Waals surface area contributed by atoms with E-state index in [4.69, 9.17) is 4.99 Å². The standard InChI is InChI=1S/C17H36N4/c1-6-18-17(20-16(5)14(2)3)19-10-8-12-21-11-7-9-15(4)13-21/h14-16H,6-13H2,1-5H3,(H2,18,19,20). The van der Waals surface area contributed by atoms with Crippen molar-refractivity contribution in [3.63, 3.8) is 0 Å². The highest BCUT2D eigenvalue weighted by Crippen LogP contribution is 2.15. The lowest BCUT2D eigenvalue weighted by molar-refractivity contribution is 0.183. The molecular formula is C17H36N4. The number of guanidine groups is 1. The number of nitrogens with zero attached hydrogens (tertiary/aromatic N) is 2. The Balaban J connectivity index is 2.29. The number of rotatable bonds is 7. The highest BCUT2D eigenvalue weighted by molar-refractivity contribution is 5.80. The van der Waals surface area contributed by atoms with E-state index in [1.165, 1.54) is 32.5 Å². The van der Waals surface area contributed by atoms with Gasteiger partial charge in [0.05, 0.1) is 0 Å². The van der Waals surface area contributed by atoms with Gasteiger partial charge in [0.2, 0.25) is 0 Å². The summed E-state index contributed by atoms with van der Waals surface area (Å²) in [4.78, 5) is 7.31. The molecule has 2 atom stereocenters. The largest absolute Gasteiger partial charge is 0.357 e. The summed E-state index contributed by atoms with van der Waals surface area (Å²) in [5, 5.41) is 6.83. The number of hydrogen-bond acceptors (Lipinski definition) is 2. The molecule has 1 rings (SSSR count). The molecule has 1 heterocycles. The molecule has 0 radical (unpaired) electrons. The molecule has 1 aliphatic heterocycles. The van der Waals surface area contributed by atoms with Crippen molar-refractivity contribution >= 4 is 5.96 Å². The molecule has 1 fully saturated rings. The zero-order valence-corrected chi connectivity index (χ0v) is 14.8. The molecule has 1 aliphatic rings. The molecule has 2 N–H and O–H groups in total. The SMILES string of the molecule is CCNC(=NCCCN1CCCC(C)C1)NC(C)C(C)C. The monoisotopic (exact) mass is 296 g/mol. The van der Waals surface area contributed by atoms with Crippen molar-refractivity contribution in [1.29, 1.82) is 0 Å². The lowest BCUT2D eigenvalue weighted by Crippen LogP contribution is -2.44. The molecule has 0 aliphatic carbocycles. The van der Waals surface area contributed by atoms with Crippen molar-refractivity contribution in [3.8, 4) is 0 Å². The first-order valence-corrected chi connectivity index (χ1v) is 8.80. The molecule has 0 aromatic carbocycles. The van der Waals surface area contributed by atoms with Crippen LogP contribution in [0.5, 0.6) is 0 Å². The fourth-order valence-electron chi connectivity index (χ4n) is 2.68. The van der Waals surface area contributed by atoms with E-state index in [0.717, 1.165) is 31.4 Å². The predicted molar refractivity (Wildman–Crippen MR) is 92.9 cm³/mol. The molecule has 1 saturated heterocycles. The van der Waals surface area contributed by atoms with Gasteiger partial charge in [-0.25, -0.2) is 0 Å².